The summed E-state index contributed by atoms with van der Waals surface area (Å²) in [5.74, 6) is 1.89. The molecule has 1 atom stereocenters. The van der Waals surface area contributed by atoms with Crippen molar-refractivity contribution in [2.45, 2.75) is 32.7 Å². The van der Waals surface area contributed by atoms with E-state index in [0.29, 0.717) is 11.7 Å². The van der Waals surface area contributed by atoms with Crippen LogP contribution >= 0.6 is 0 Å². The first-order chi connectivity index (χ1) is 9.56. The molecule has 1 saturated carbocycles. The maximum atomic E-state index is 7.13. The quantitative estimate of drug-likeness (QED) is 0.398. The summed E-state index contributed by atoms with van der Waals surface area (Å²) in [5.41, 5.74) is 6.21. The molecule has 5 N–H and O–H groups in total. The van der Waals surface area contributed by atoms with Crippen molar-refractivity contribution in [1.29, 1.82) is 5.41 Å². The molecule has 0 aliphatic heterocycles. The van der Waals surface area contributed by atoms with E-state index < -0.39 is 0 Å². The van der Waals surface area contributed by atoms with Gasteiger partial charge in [-0.1, -0.05) is 6.58 Å². The van der Waals surface area contributed by atoms with Crippen LogP contribution in [0.25, 0.3) is 0 Å². The Labute approximate surface area is 120 Å². The molecule has 0 radical (unpaired) electrons. The average molecular weight is 276 g/mol. The number of hydrogen-bond acceptors (Lipinski definition) is 4. The lowest BCUT2D eigenvalue weighted by Gasteiger charge is -2.17. The minimum atomic E-state index is 0.0234. The molecule has 1 aliphatic carbocycles. The van der Waals surface area contributed by atoms with Crippen molar-refractivity contribution in [2.24, 2.45) is 21.6 Å². The van der Waals surface area contributed by atoms with E-state index in [1.165, 1.54) is 19.0 Å². The Balaban J connectivity index is 2.52. The van der Waals surface area contributed by atoms with Gasteiger partial charge in [0.2, 0.25) is 0 Å². The Morgan fingerprint density at radius 2 is 2.25 bits per heavy atom. The van der Waals surface area contributed by atoms with Gasteiger partial charge in [0.1, 0.15) is 18.0 Å². The summed E-state index contributed by atoms with van der Waals surface area (Å²) in [5, 5.41) is 13.5. The van der Waals surface area contributed by atoms with Gasteiger partial charge in [0.25, 0.3) is 0 Å². The van der Waals surface area contributed by atoms with Crippen molar-refractivity contribution in [3.8, 4) is 0 Å². The molecule has 0 amide bonds. The zero-order valence-corrected chi connectivity index (χ0v) is 12.2. The highest BCUT2D eigenvalue weighted by Gasteiger charge is 2.22. The van der Waals surface area contributed by atoms with Crippen LogP contribution in [0.5, 0.6) is 0 Å². The van der Waals surface area contributed by atoms with Crippen LogP contribution in [0.3, 0.4) is 0 Å². The van der Waals surface area contributed by atoms with Gasteiger partial charge in [-0.25, -0.2) is 9.98 Å². The van der Waals surface area contributed by atoms with Gasteiger partial charge in [-0.3, -0.25) is 5.41 Å². The number of rotatable bonds is 8. The number of amidine groups is 1. The van der Waals surface area contributed by atoms with Crippen molar-refractivity contribution >= 4 is 18.4 Å². The first kappa shape index (κ1) is 16.1. The van der Waals surface area contributed by atoms with E-state index in [4.69, 9.17) is 11.1 Å². The number of nitrogens with zero attached hydrogens (tertiary/aromatic N) is 2. The molecule has 0 bridgehead atoms. The summed E-state index contributed by atoms with van der Waals surface area (Å²) in [6, 6.07) is 0.0234. The number of hydrogen-bond donors (Lipinski definition) is 4. The molecule has 20 heavy (non-hydrogen) atoms. The van der Waals surface area contributed by atoms with Crippen molar-refractivity contribution < 1.29 is 0 Å². The van der Waals surface area contributed by atoms with Crippen LogP contribution < -0.4 is 16.4 Å². The fourth-order valence-electron chi connectivity index (χ4n) is 1.49. The molecule has 110 valence electrons. The minimum Gasteiger partial charge on any atom is -0.404 e. The molecule has 1 fully saturated rings. The first-order valence-corrected chi connectivity index (χ1v) is 6.75. The average Bonchev–Trinajstić information content (AvgIpc) is 3.25. The van der Waals surface area contributed by atoms with Crippen molar-refractivity contribution in [1.82, 2.24) is 10.6 Å². The van der Waals surface area contributed by atoms with Gasteiger partial charge in [0.15, 0.2) is 0 Å². The molecule has 6 nitrogen and oxygen atoms in total. The fourth-order valence-corrected chi connectivity index (χ4v) is 1.49. The molecule has 0 aromatic carbocycles. The van der Waals surface area contributed by atoms with Gasteiger partial charge in [-0.15, -0.1) is 0 Å². The lowest BCUT2D eigenvalue weighted by atomic mass is 10.2. The number of nitrogens with one attached hydrogen (secondary N) is 3. The monoisotopic (exact) mass is 276 g/mol. The molecule has 0 spiro atoms. The molecule has 0 heterocycles. The Bertz CT molecular complexity index is 431. The topological polar surface area (TPSA) is 98.7 Å². The highest BCUT2D eigenvalue weighted by Crippen LogP contribution is 2.27. The van der Waals surface area contributed by atoms with E-state index in [0.717, 1.165) is 24.4 Å². The van der Waals surface area contributed by atoms with Gasteiger partial charge >= 0.3 is 0 Å². The Hall–Kier alpha value is -1.95. The van der Waals surface area contributed by atoms with Crippen LogP contribution in [0.4, 0.5) is 0 Å². The van der Waals surface area contributed by atoms with Crippen molar-refractivity contribution in [3.05, 3.63) is 24.2 Å². The largest absolute Gasteiger partial charge is 0.404 e. The van der Waals surface area contributed by atoms with Crippen LogP contribution in [0.15, 0.2) is 34.2 Å². The second kappa shape index (κ2) is 8.27. The van der Waals surface area contributed by atoms with E-state index in [1.54, 1.807) is 6.21 Å². The van der Waals surface area contributed by atoms with E-state index in [1.807, 2.05) is 13.8 Å². The van der Waals surface area contributed by atoms with Gasteiger partial charge in [0, 0.05) is 6.21 Å². The number of nitrogens with two attached hydrogens (primary N) is 1. The predicted octanol–water partition coefficient (Wildman–Crippen LogP) is 1.37. The SMILES string of the molecule is C=C(/N=C\C(C)=C/N)N/C(=N\C=N)C(C)NCC1CC1. The van der Waals surface area contributed by atoms with Gasteiger partial charge < -0.3 is 16.4 Å². The third-order valence-electron chi connectivity index (χ3n) is 2.98. The van der Waals surface area contributed by atoms with Crippen LogP contribution in [-0.2, 0) is 0 Å². The molecule has 1 aliphatic rings. The maximum absolute atomic E-state index is 7.13. The van der Waals surface area contributed by atoms with E-state index in [2.05, 4.69) is 27.2 Å². The Morgan fingerprint density at radius 3 is 2.80 bits per heavy atom. The molecule has 1 rings (SSSR count). The molecular formula is C14H24N6. The third kappa shape index (κ3) is 6.29. The summed E-state index contributed by atoms with van der Waals surface area (Å²) >= 11 is 0. The van der Waals surface area contributed by atoms with Gasteiger partial charge in [-0.2, -0.15) is 0 Å². The summed E-state index contributed by atoms with van der Waals surface area (Å²) < 4.78 is 0. The van der Waals surface area contributed by atoms with Gasteiger partial charge in [-0.05, 0) is 50.9 Å². The number of aliphatic imine (C=N–C) groups is 2. The second-order valence-corrected chi connectivity index (χ2v) is 4.96. The van der Waals surface area contributed by atoms with Crippen LogP contribution in [0.2, 0.25) is 0 Å². The van der Waals surface area contributed by atoms with Crippen molar-refractivity contribution in [2.75, 3.05) is 6.54 Å². The standard InChI is InChI=1S/C14H24N6/c1-10(6-15)7-18-12(3)20-14(19-9-16)11(2)17-8-13-4-5-13/h6-7,9,11,13,17H,3-5,8,15H2,1-2H3,(H2,16,19,20)/b10-6-,18-7-. The zero-order chi connectivity index (χ0) is 15.0. The summed E-state index contributed by atoms with van der Waals surface area (Å²) in [7, 11) is 0. The molecule has 0 aromatic rings. The van der Waals surface area contributed by atoms with Crippen LogP contribution in [0.1, 0.15) is 26.7 Å². The highest BCUT2D eigenvalue weighted by molar-refractivity contribution is 5.93. The Morgan fingerprint density at radius 1 is 1.55 bits per heavy atom. The van der Waals surface area contributed by atoms with E-state index in [-0.39, 0.29) is 6.04 Å². The third-order valence-corrected chi connectivity index (χ3v) is 2.98. The maximum Gasteiger partial charge on any atom is 0.126 e. The second-order valence-electron chi connectivity index (χ2n) is 4.96. The lowest BCUT2D eigenvalue weighted by Crippen LogP contribution is -2.42. The summed E-state index contributed by atoms with van der Waals surface area (Å²) in [6.07, 6.45) is 6.71. The molecule has 1 unspecified atom stereocenters. The summed E-state index contributed by atoms with van der Waals surface area (Å²) in [4.78, 5) is 8.16. The number of allylic oxidation sites excluding steroid dienone is 1. The molecule has 6 heteroatoms. The van der Waals surface area contributed by atoms with E-state index in [9.17, 15) is 0 Å². The van der Waals surface area contributed by atoms with Crippen LogP contribution in [0, 0.1) is 11.3 Å². The van der Waals surface area contributed by atoms with Crippen LogP contribution in [-0.4, -0.2) is 31.0 Å². The Kier molecular flexibility index (Phi) is 6.66. The smallest absolute Gasteiger partial charge is 0.126 e. The van der Waals surface area contributed by atoms with E-state index >= 15 is 0 Å². The predicted molar refractivity (Wildman–Crippen MR) is 85.1 cm³/mol. The lowest BCUT2D eigenvalue weighted by molar-refractivity contribution is 0.606. The minimum absolute atomic E-state index is 0.0234. The normalized spacial score (nSPS) is 18.1. The van der Waals surface area contributed by atoms with Gasteiger partial charge in [0.05, 0.1) is 6.04 Å². The molecule has 0 saturated heterocycles. The zero-order valence-electron chi connectivity index (χ0n) is 12.2. The molecular weight excluding hydrogens is 252 g/mol. The summed E-state index contributed by atoms with van der Waals surface area (Å²) in [6.45, 7) is 8.64. The highest BCUT2D eigenvalue weighted by atomic mass is 15.1. The first-order valence-electron chi connectivity index (χ1n) is 6.75. The molecule has 0 aromatic heterocycles. The fraction of sp³-hybridized carbons (Fsp3) is 0.500. The van der Waals surface area contributed by atoms with Crippen molar-refractivity contribution in [3.63, 3.8) is 0 Å².